The summed E-state index contributed by atoms with van der Waals surface area (Å²) in [5.41, 5.74) is 2.43. The summed E-state index contributed by atoms with van der Waals surface area (Å²) in [4.78, 5) is 6.05. The van der Waals surface area contributed by atoms with Crippen LogP contribution in [0.3, 0.4) is 0 Å². The van der Waals surface area contributed by atoms with Gasteiger partial charge in [0.25, 0.3) is 0 Å². The van der Waals surface area contributed by atoms with Gasteiger partial charge in [-0.25, -0.2) is 4.99 Å². The largest absolute Gasteiger partial charge is 0.497 e. The van der Waals surface area contributed by atoms with E-state index in [-0.39, 0.29) is 0 Å². The van der Waals surface area contributed by atoms with Gasteiger partial charge in [-0.15, -0.1) is 11.3 Å². The van der Waals surface area contributed by atoms with Crippen LogP contribution < -0.4 is 15.4 Å². The van der Waals surface area contributed by atoms with E-state index in [9.17, 15) is 0 Å². The van der Waals surface area contributed by atoms with Crippen molar-refractivity contribution in [1.29, 1.82) is 0 Å². The van der Waals surface area contributed by atoms with E-state index in [4.69, 9.17) is 14.5 Å². The number of methoxy groups -OCH3 is 1. The van der Waals surface area contributed by atoms with Crippen molar-refractivity contribution in [3.63, 3.8) is 0 Å². The molecule has 1 aromatic carbocycles. The van der Waals surface area contributed by atoms with Gasteiger partial charge >= 0.3 is 0 Å². The highest BCUT2D eigenvalue weighted by Gasteiger charge is 2.41. The van der Waals surface area contributed by atoms with Gasteiger partial charge < -0.3 is 20.1 Å². The van der Waals surface area contributed by atoms with E-state index in [1.807, 2.05) is 12.1 Å². The molecule has 144 valence electrons. The van der Waals surface area contributed by atoms with Gasteiger partial charge in [0.15, 0.2) is 5.96 Å². The average molecular weight is 386 g/mol. The van der Waals surface area contributed by atoms with Crippen LogP contribution in [0.4, 0.5) is 0 Å². The van der Waals surface area contributed by atoms with Gasteiger partial charge in [0.1, 0.15) is 5.75 Å². The molecule has 2 saturated heterocycles. The van der Waals surface area contributed by atoms with Gasteiger partial charge in [-0.05, 0) is 60.9 Å². The number of ether oxygens (including phenoxy) is 2. The van der Waals surface area contributed by atoms with E-state index in [0.717, 1.165) is 31.1 Å². The molecule has 2 aliphatic heterocycles. The summed E-state index contributed by atoms with van der Waals surface area (Å²) in [6, 6.07) is 10.8. The molecular weight excluding hydrogens is 358 g/mol. The number of hydrogen-bond donors (Lipinski definition) is 2. The second-order valence-corrected chi connectivity index (χ2v) is 8.08. The lowest BCUT2D eigenvalue weighted by Gasteiger charge is -2.22. The minimum absolute atomic E-state index is 0.349. The molecule has 2 aromatic rings. The third-order valence-electron chi connectivity index (χ3n) is 5.24. The molecular formula is C21H27N3O2S. The van der Waals surface area contributed by atoms with Crippen molar-refractivity contribution in [2.75, 3.05) is 13.7 Å². The fraction of sp³-hybridized carbons (Fsp3) is 0.476. The molecule has 3 unspecified atom stereocenters. The Hall–Kier alpha value is -2.05. The van der Waals surface area contributed by atoms with Gasteiger partial charge in [-0.3, -0.25) is 0 Å². The summed E-state index contributed by atoms with van der Waals surface area (Å²) in [6.45, 7) is 3.63. The number of nitrogens with one attached hydrogen (secondary N) is 2. The molecule has 2 fully saturated rings. The van der Waals surface area contributed by atoms with Crippen LogP contribution in [-0.4, -0.2) is 37.9 Å². The lowest BCUT2D eigenvalue weighted by Crippen LogP contribution is -2.47. The second-order valence-electron chi connectivity index (χ2n) is 7.09. The molecule has 4 rings (SSSR count). The molecule has 0 aliphatic carbocycles. The Morgan fingerprint density at radius 3 is 2.78 bits per heavy atom. The SMILES string of the molecule is CCNC(=NCc1cc(-c2ccc(OC)cc2)cs1)NC1CC2CCC1O2. The van der Waals surface area contributed by atoms with Crippen LogP contribution in [0.2, 0.25) is 0 Å². The van der Waals surface area contributed by atoms with Gasteiger partial charge in [0.2, 0.25) is 0 Å². The first-order chi connectivity index (χ1) is 13.2. The Bertz CT molecular complexity index is 787. The number of aliphatic imine (C=N–C) groups is 1. The zero-order valence-electron chi connectivity index (χ0n) is 15.9. The number of hydrogen-bond acceptors (Lipinski definition) is 4. The zero-order chi connectivity index (χ0) is 18.6. The molecule has 1 aromatic heterocycles. The van der Waals surface area contributed by atoms with Crippen molar-refractivity contribution < 1.29 is 9.47 Å². The number of fused-ring (bicyclic) bond motifs is 2. The van der Waals surface area contributed by atoms with E-state index in [1.54, 1.807) is 18.4 Å². The van der Waals surface area contributed by atoms with Crippen LogP contribution in [-0.2, 0) is 11.3 Å². The lowest BCUT2D eigenvalue weighted by molar-refractivity contribution is 0.0992. The Labute approximate surface area is 164 Å². The van der Waals surface area contributed by atoms with Crippen molar-refractivity contribution in [3.05, 3.63) is 40.6 Å². The minimum atomic E-state index is 0.349. The molecule has 3 heterocycles. The monoisotopic (exact) mass is 385 g/mol. The Morgan fingerprint density at radius 1 is 1.26 bits per heavy atom. The molecule has 2 N–H and O–H groups in total. The summed E-state index contributed by atoms with van der Waals surface area (Å²) in [6.07, 6.45) is 4.26. The van der Waals surface area contributed by atoms with Gasteiger partial charge in [-0.2, -0.15) is 0 Å². The van der Waals surface area contributed by atoms with Gasteiger partial charge in [-0.1, -0.05) is 12.1 Å². The van der Waals surface area contributed by atoms with Crippen LogP contribution >= 0.6 is 11.3 Å². The van der Waals surface area contributed by atoms with E-state index < -0.39 is 0 Å². The molecule has 0 radical (unpaired) electrons. The predicted molar refractivity (Wildman–Crippen MR) is 111 cm³/mol. The fourth-order valence-electron chi connectivity index (χ4n) is 3.84. The molecule has 2 aliphatic rings. The molecule has 6 heteroatoms. The normalized spacial score (nSPS) is 24.2. The van der Waals surface area contributed by atoms with E-state index in [1.165, 1.54) is 22.4 Å². The number of nitrogens with zero attached hydrogens (tertiary/aromatic N) is 1. The highest BCUT2D eigenvalue weighted by Crippen LogP contribution is 2.34. The molecule has 5 nitrogen and oxygen atoms in total. The number of rotatable bonds is 6. The summed E-state index contributed by atoms with van der Waals surface area (Å²) in [7, 11) is 1.69. The van der Waals surface area contributed by atoms with Crippen molar-refractivity contribution in [1.82, 2.24) is 10.6 Å². The Balaban J connectivity index is 1.40. The summed E-state index contributed by atoms with van der Waals surface area (Å²) < 4.78 is 11.2. The molecule has 0 saturated carbocycles. The maximum Gasteiger partial charge on any atom is 0.191 e. The van der Waals surface area contributed by atoms with Gasteiger partial charge in [0.05, 0.1) is 31.9 Å². The molecule has 0 amide bonds. The summed E-state index contributed by atoms with van der Waals surface area (Å²) in [5, 5.41) is 9.13. The molecule has 27 heavy (non-hydrogen) atoms. The van der Waals surface area contributed by atoms with Crippen LogP contribution in [0.15, 0.2) is 40.7 Å². The predicted octanol–water partition coefficient (Wildman–Crippen LogP) is 3.80. The summed E-state index contributed by atoms with van der Waals surface area (Å²) >= 11 is 1.75. The maximum absolute atomic E-state index is 5.94. The lowest BCUT2D eigenvalue weighted by atomic mass is 9.96. The molecule has 3 atom stereocenters. The topological polar surface area (TPSA) is 54.9 Å². The first-order valence-corrected chi connectivity index (χ1v) is 10.5. The number of guanidine groups is 1. The van der Waals surface area contributed by atoms with E-state index in [0.29, 0.717) is 24.8 Å². The highest BCUT2D eigenvalue weighted by atomic mass is 32.1. The Kier molecular flexibility index (Phi) is 5.64. The van der Waals surface area contributed by atoms with Crippen LogP contribution in [0, 0.1) is 0 Å². The third-order valence-corrected chi connectivity index (χ3v) is 6.16. The van der Waals surface area contributed by atoms with Crippen molar-refractivity contribution in [2.24, 2.45) is 4.99 Å². The number of thiophene rings is 1. The summed E-state index contributed by atoms with van der Waals surface area (Å²) in [5.74, 6) is 1.77. The standard InChI is InChI=1S/C21H27N3O2S/c1-3-22-21(24-19-11-17-8-9-20(19)26-17)23-12-18-10-15(13-27-18)14-4-6-16(25-2)7-5-14/h4-7,10,13,17,19-20H,3,8-9,11-12H2,1-2H3,(H2,22,23,24). The maximum atomic E-state index is 5.94. The first-order valence-electron chi connectivity index (χ1n) is 9.67. The molecule has 2 bridgehead atoms. The van der Waals surface area contributed by atoms with Crippen molar-refractivity contribution in [2.45, 2.75) is 51.0 Å². The van der Waals surface area contributed by atoms with Crippen molar-refractivity contribution in [3.8, 4) is 16.9 Å². The number of benzene rings is 1. The fourth-order valence-corrected chi connectivity index (χ4v) is 4.66. The van der Waals surface area contributed by atoms with Gasteiger partial charge in [0, 0.05) is 11.4 Å². The highest BCUT2D eigenvalue weighted by molar-refractivity contribution is 7.10. The van der Waals surface area contributed by atoms with Crippen LogP contribution in [0.25, 0.3) is 11.1 Å². The zero-order valence-corrected chi connectivity index (χ0v) is 16.7. The van der Waals surface area contributed by atoms with E-state index in [2.05, 4.69) is 41.1 Å². The van der Waals surface area contributed by atoms with Crippen molar-refractivity contribution >= 4 is 17.3 Å². The average Bonchev–Trinajstić information content (AvgIpc) is 3.43. The van der Waals surface area contributed by atoms with Crippen LogP contribution in [0.5, 0.6) is 5.75 Å². The smallest absolute Gasteiger partial charge is 0.191 e. The molecule has 0 spiro atoms. The minimum Gasteiger partial charge on any atom is -0.497 e. The first kappa shape index (κ1) is 18.3. The quantitative estimate of drug-likeness (QED) is 0.587. The van der Waals surface area contributed by atoms with E-state index >= 15 is 0 Å². The van der Waals surface area contributed by atoms with Crippen LogP contribution in [0.1, 0.15) is 31.1 Å². The Morgan fingerprint density at radius 2 is 2.11 bits per heavy atom. The second kappa shape index (κ2) is 8.31. The third kappa shape index (κ3) is 4.28.